The number of hydrogen-bond acceptors (Lipinski definition) is 5. The van der Waals surface area contributed by atoms with Gasteiger partial charge < -0.3 is 20.3 Å². The van der Waals surface area contributed by atoms with E-state index in [1.165, 1.54) is 0 Å². The Balaban J connectivity index is 1.54. The van der Waals surface area contributed by atoms with Gasteiger partial charge in [-0.15, -0.1) is 0 Å². The highest BCUT2D eigenvalue weighted by molar-refractivity contribution is 5.97. The highest BCUT2D eigenvalue weighted by Gasteiger charge is 2.34. The normalized spacial score (nSPS) is 18.7. The smallest absolute Gasteiger partial charge is 0.251 e. The van der Waals surface area contributed by atoms with Crippen LogP contribution in [0.2, 0.25) is 0 Å². The molecule has 1 saturated heterocycles. The third-order valence-electron chi connectivity index (χ3n) is 6.12. The Morgan fingerprint density at radius 2 is 1.66 bits per heavy atom. The molecule has 2 atom stereocenters. The fourth-order valence-electron chi connectivity index (χ4n) is 3.85. The van der Waals surface area contributed by atoms with Crippen molar-refractivity contribution in [3.8, 4) is 5.75 Å². The maximum Gasteiger partial charge on any atom is 0.251 e. The predicted octanol–water partition coefficient (Wildman–Crippen LogP) is 1.65. The molecule has 3 rings (SSSR count). The molecule has 0 spiro atoms. The molecule has 2 unspecified atom stereocenters. The maximum absolute atomic E-state index is 13.2. The van der Waals surface area contributed by atoms with E-state index >= 15 is 0 Å². The number of carbonyl (C=O) groups excluding carboxylic acids is 3. The number of piperazine rings is 1. The van der Waals surface area contributed by atoms with Crippen LogP contribution in [-0.2, 0) is 9.59 Å². The molecule has 2 N–H and O–H groups in total. The summed E-state index contributed by atoms with van der Waals surface area (Å²) in [4.78, 5) is 42.2. The summed E-state index contributed by atoms with van der Waals surface area (Å²) in [5.74, 6) is 0.377. The van der Waals surface area contributed by atoms with Crippen LogP contribution in [0.5, 0.6) is 5.75 Å². The minimum Gasteiger partial charge on any atom is -0.494 e. The molecule has 32 heavy (non-hydrogen) atoms. The van der Waals surface area contributed by atoms with E-state index in [2.05, 4.69) is 15.5 Å². The van der Waals surface area contributed by atoms with E-state index in [1.807, 2.05) is 27.7 Å². The van der Waals surface area contributed by atoms with Gasteiger partial charge in [0.05, 0.1) is 12.6 Å². The van der Waals surface area contributed by atoms with Crippen LogP contribution in [0.15, 0.2) is 24.3 Å². The van der Waals surface area contributed by atoms with Crippen molar-refractivity contribution < 1.29 is 19.1 Å². The third-order valence-corrected chi connectivity index (χ3v) is 6.12. The van der Waals surface area contributed by atoms with Gasteiger partial charge in [0, 0.05) is 37.8 Å². The van der Waals surface area contributed by atoms with Crippen LogP contribution < -0.4 is 15.4 Å². The van der Waals surface area contributed by atoms with Gasteiger partial charge in [-0.1, -0.05) is 13.8 Å². The molecule has 1 aliphatic heterocycles. The molecule has 1 aromatic rings. The van der Waals surface area contributed by atoms with E-state index in [-0.39, 0.29) is 29.7 Å². The molecule has 1 aromatic carbocycles. The Kier molecular flexibility index (Phi) is 8.12. The van der Waals surface area contributed by atoms with Crippen molar-refractivity contribution in [2.24, 2.45) is 5.92 Å². The van der Waals surface area contributed by atoms with Crippen molar-refractivity contribution >= 4 is 17.7 Å². The van der Waals surface area contributed by atoms with Crippen LogP contribution in [0.3, 0.4) is 0 Å². The van der Waals surface area contributed by atoms with Crippen LogP contribution in [0, 0.1) is 5.92 Å². The predicted molar refractivity (Wildman–Crippen MR) is 122 cm³/mol. The molecule has 0 aromatic heterocycles. The average Bonchev–Trinajstić information content (AvgIpc) is 3.61. The number of hydrogen-bond donors (Lipinski definition) is 2. The molecule has 2 aliphatic rings. The van der Waals surface area contributed by atoms with Gasteiger partial charge in [0.25, 0.3) is 5.91 Å². The van der Waals surface area contributed by atoms with Gasteiger partial charge in [0.1, 0.15) is 11.8 Å². The number of ether oxygens (including phenoxy) is 1. The lowest BCUT2D eigenvalue weighted by molar-refractivity contribution is -0.137. The van der Waals surface area contributed by atoms with Gasteiger partial charge in [-0.2, -0.15) is 0 Å². The molecule has 0 radical (unpaired) electrons. The first kappa shape index (κ1) is 24.0. The fourth-order valence-corrected chi connectivity index (χ4v) is 3.85. The second kappa shape index (κ2) is 10.8. The maximum atomic E-state index is 13.2. The zero-order valence-corrected chi connectivity index (χ0v) is 19.6. The standard InChI is InChI=1S/C24H36N4O4/c1-5-32-20-10-6-18(7-11-20)23(30)26-21(16(2)3)24(31)28-14-12-27(13-15-28)17(4)22(29)25-19-8-9-19/h6-7,10-11,16-17,19,21H,5,8-9,12-15H2,1-4H3,(H,25,29)(H,26,30). The molecule has 1 saturated carbocycles. The van der Waals surface area contributed by atoms with E-state index in [0.29, 0.717) is 50.1 Å². The quantitative estimate of drug-likeness (QED) is 0.604. The van der Waals surface area contributed by atoms with E-state index in [1.54, 1.807) is 29.2 Å². The van der Waals surface area contributed by atoms with Crippen LogP contribution in [0.25, 0.3) is 0 Å². The Labute approximate surface area is 190 Å². The zero-order chi connectivity index (χ0) is 23.3. The topological polar surface area (TPSA) is 91.0 Å². The molecule has 0 bridgehead atoms. The van der Waals surface area contributed by atoms with Crippen LogP contribution in [-0.4, -0.2) is 78.4 Å². The van der Waals surface area contributed by atoms with Crippen LogP contribution >= 0.6 is 0 Å². The lowest BCUT2D eigenvalue weighted by atomic mass is 10.0. The molecule has 3 amide bonds. The molecule has 1 heterocycles. The second-order valence-corrected chi connectivity index (χ2v) is 8.97. The number of rotatable bonds is 9. The number of nitrogens with one attached hydrogen (secondary N) is 2. The van der Waals surface area contributed by atoms with Gasteiger partial charge in [-0.05, 0) is 56.9 Å². The molecule has 8 nitrogen and oxygen atoms in total. The van der Waals surface area contributed by atoms with Gasteiger partial charge in [-0.3, -0.25) is 19.3 Å². The van der Waals surface area contributed by atoms with Crippen molar-refractivity contribution in [2.45, 2.75) is 58.7 Å². The van der Waals surface area contributed by atoms with Gasteiger partial charge in [-0.25, -0.2) is 0 Å². The molecular weight excluding hydrogens is 408 g/mol. The fraction of sp³-hybridized carbons (Fsp3) is 0.625. The summed E-state index contributed by atoms with van der Waals surface area (Å²) in [7, 11) is 0. The summed E-state index contributed by atoms with van der Waals surface area (Å²) in [6.07, 6.45) is 2.14. The Morgan fingerprint density at radius 1 is 1.03 bits per heavy atom. The van der Waals surface area contributed by atoms with E-state index in [9.17, 15) is 14.4 Å². The highest BCUT2D eigenvalue weighted by atomic mass is 16.5. The van der Waals surface area contributed by atoms with Crippen molar-refractivity contribution in [3.63, 3.8) is 0 Å². The van der Waals surface area contributed by atoms with Crippen molar-refractivity contribution in [3.05, 3.63) is 29.8 Å². The first-order valence-electron chi connectivity index (χ1n) is 11.7. The van der Waals surface area contributed by atoms with Gasteiger partial charge in [0.2, 0.25) is 11.8 Å². The molecular formula is C24H36N4O4. The molecule has 8 heteroatoms. The number of nitrogens with zero attached hydrogens (tertiary/aromatic N) is 2. The first-order chi connectivity index (χ1) is 15.3. The summed E-state index contributed by atoms with van der Waals surface area (Å²) >= 11 is 0. The summed E-state index contributed by atoms with van der Waals surface area (Å²) < 4.78 is 5.42. The lowest BCUT2D eigenvalue weighted by Gasteiger charge is -2.39. The number of amides is 3. The number of carbonyl (C=O) groups is 3. The second-order valence-electron chi connectivity index (χ2n) is 8.97. The SMILES string of the molecule is CCOc1ccc(C(=O)NC(C(=O)N2CCN(C(C)C(=O)NC3CC3)CC2)C(C)C)cc1. The molecule has 176 valence electrons. The van der Waals surface area contributed by atoms with Crippen LogP contribution in [0.1, 0.15) is 50.9 Å². The largest absolute Gasteiger partial charge is 0.494 e. The number of benzene rings is 1. The first-order valence-corrected chi connectivity index (χ1v) is 11.7. The Hall–Kier alpha value is -2.61. The minimum absolute atomic E-state index is 0.0459. The Bertz CT molecular complexity index is 799. The van der Waals surface area contributed by atoms with Crippen molar-refractivity contribution in [1.82, 2.24) is 20.4 Å². The average molecular weight is 445 g/mol. The van der Waals surface area contributed by atoms with Crippen molar-refractivity contribution in [1.29, 1.82) is 0 Å². The monoisotopic (exact) mass is 444 g/mol. The summed E-state index contributed by atoms with van der Waals surface area (Å²) in [5, 5.41) is 5.96. The van der Waals surface area contributed by atoms with Crippen LogP contribution in [0.4, 0.5) is 0 Å². The summed E-state index contributed by atoms with van der Waals surface area (Å²) in [6, 6.07) is 6.46. The van der Waals surface area contributed by atoms with E-state index < -0.39 is 6.04 Å². The van der Waals surface area contributed by atoms with Gasteiger partial charge in [0.15, 0.2) is 0 Å². The lowest BCUT2D eigenvalue weighted by Crippen LogP contribution is -2.59. The van der Waals surface area contributed by atoms with Gasteiger partial charge >= 0.3 is 0 Å². The highest BCUT2D eigenvalue weighted by Crippen LogP contribution is 2.19. The van der Waals surface area contributed by atoms with Crippen molar-refractivity contribution in [2.75, 3.05) is 32.8 Å². The Morgan fingerprint density at radius 3 is 2.19 bits per heavy atom. The summed E-state index contributed by atoms with van der Waals surface area (Å²) in [6.45, 7) is 10.6. The van der Waals surface area contributed by atoms with E-state index in [0.717, 1.165) is 12.8 Å². The zero-order valence-electron chi connectivity index (χ0n) is 19.6. The minimum atomic E-state index is -0.601. The summed E-state index contributed by atoms with van der Waals surface area (Å²) in [5.41, 5.74) is 0.493. The molecule has 2 fully saturated rings. The molecule has 1 aliphatic carbocycles. The third kappa shape index (κ3) is 6.22. The van der Waals surface area contributed by atoms with E-state index in [4.69, 9.17) is 4.74 Å².